The van der Waals surface area contributed by atoms with Crippen molar-refractivity contribution in [2.24, 2.45) is 0 Å². The summed E-state index contributed by atoms with van der Waals surface area (Å²) in [4.78, 5) is 13.0. The van der Waals surface area contributed by atoms with Crippen molar-refractivity contribution < 1.29 is 4.79 Å². The quantitative estimate of drug-likeness (QED) is 0.392. The molecule has 0 saturated heterocycles. The summed E-state index contributed by atoms with van der Waals surface area (Å²) in [5, 5.41) is 5.16. The lowest BCUT2D eigenvalue weighted by molar-refractivity contribution is 0.0942. The molecular weight excluding hydrogens is 432 g/mol. The monoisotopic (exact) mass is 452 g/mol. The van der Waals surface area contributed by atoms with Crippen LogP contribution in [0.25, 0.3) is 10.2 Å². The second-order valence-electron chi connectivity index (χ2n) is 7.07. The van der Waals surface area contributed by atoms with Crippen molar-refractivity contribution in [1.82, 2.24) is 9.88 Å². The SMILES string of the molecule is Cc1cccc(CNC(=O)c2cc3scc(Br)c3n2Cc2cccc(C)c2)c1. The van der Waals surface area contributed by atoms with Crippen LogP contribution in [0.2, 0.25) is 0 Å². The largest absolute Gasteiger partial charge is 0.347 e. The molecule has 0 radical (unpaired) electrons. The van der Waals surface area contributed by atoms with Gasteiger partial charge in [0.25, 0.3) is 5.91 Å². The van der Waals surface area contributed by atoms with Gasteiger partial charge in [0.1, 0.15) is 5.69 Å². The van der Waals surface area contributed by atoms with Crippen LogP contribution < -0.4 is 5.32 Å². The number of aryl methyl sites for hydroxylation is 2. The zero-order valence-electron chi connectivity index (χ0n) is 15.8. The minimum Gasteiger partial charge on any atom is -0.347 e. The predicted molar refractivity (Wildman–Crippen MR) is 120 cm³/mol. The van der Waals surface area contributed by atoms with E-state index in [1.165, 1.54) is 16.7 Å². The Morgan fingerprint density at radius 2 is 1.71 bits per heavy atom. The van der Waals surface area contributed by atoms with Gasteiger partial charge in [-0.05, 0) is 47.0 Å². The molecule has 1 N–H and O–H groups in total. The van der Waals surface area contributed by atoms with Crippen molar-refractivity contribution in [3.05, 3.63) is 92.4 Å². The van der Waals surface area contributed by atoms with Gasteiger partial charge in [0.2, 0.25) is 0 Å². The summed E-state index contributed by atoms with van der Waals surface area (Å²) in [6.45, 7) is 5.33. The van der Waals surface area contributed by atoms with Gasteiger partial charge >= 0.3 is 0 Å². The van der Waals surface area contributed by atoms with E-state index in [0.717, 1.165) is 20.3 Å². The maximum atomic E-state index is 13.0. The van der Waals surface area contributed by atoms with E-state index >= 15 is 0 Å². The summed E-state index contributed by atoms with van der Waals surface area (Å²) < 4.78 is 4.24. The van der Waals surface area contributed by atoms with Gasteiger partial charge in [-0.25, -0.2) is 0 Å². The zero-order chi connectivity index (χ0) is 19.7. The van der Waals surface area contributed by atoms with Crippen LogP contribution in [0.3, 0.4) is 0 Å². The molecule has 5 heteroatoms. The molecule has 2 heterocycles. The van der Waals surface area contributed by atoms with Crippen LogP contribution in [0.4, 0.5) is 0 Å². The number of nitrogens with zero attached hydrogens (tertiary/aromatic N) is 1. The smallest absolute Gasteiger partial charge is 0.268 e. The van der Waals surface area contributed by atoms with Gasteiger partial charge in [-0.1, -0.05) is 59.7 Å². The van der Waals surface area contributed by atoms with Gasteiger partial charge in [0.05, 0.1) is 14.7 Å². The van der Waals surface area contributed by atoms with Crippen LogP contribution in [0.5, 0.6) is 0 Å². The van der Waals surface area contributed by atoms with E-state index in [-0.39, 0.29) is 5.91 Å². The molecule has 0 aliphatic heterocycles. The van der Waals surface area contributed by atoms with Crippen molar-refractivity contribution in [3.63, 3.8) is 0 Å². The Balaban J connectivity index is 1.65. The normalized spacial score (nSPS) is 11.1. The molecule has 0 aliphatic rings. The van der Waals surface area contributed by atoms with E-state index in [1.54, 1.807) is 11.3 Å². The van der Waals surface area contributed by atoms with Crippen LogP contribution in [0.1, 0.15) is 32.7 Å². The van der Waals surface area contributed by atoms with E-state index in [4.69, 9.17) is 0 Å². The zero-order valence-corrected chi connectivity index (χ0v) is 18.2. The lowest BCUT2D eigenvalue weighted by atomic mass is 10.1. The summed E-state index contributed by atoms with van der Waals surface area (Å²) >= 11 is 5.30. The van der Waals surface area contributed by atoms with Crippen molar-refractivity contribution in [2.45, 2.75) is 26.9 Å². The minimum absolute atomic E-state index is 0.0514. The molecule has 4 rings (SSSR count). The fraction of sp³-hybridized carbons (Fsp3) is 0.174. The number of fused-ring (bicyclic) bond motifs is 1. The fourth-order valence-corrected chi connectivity index (χ4v) is 5.16. The number of aromatic nitrogens is 1. The maximum absolute atomic E-state index is 13.0. The van der Waals surface area contributed by atoms with Gasteiger partial charge in [-0.2, -0.15) is 0 Å². The summed E-state index contributed by atoms with van der Waals surface area (Å²) in [5.41, 5.74) is 6.47. The summed E-state index contributed by atoms with van der Waals surface area (Å²) in [5.74, 6) is -0.0514. The number of carbonyl (C=O) groups is 1. The fourth-order valence-electron chi connectivity index (χ4n) is 3.47. The van der Waals surface area contributed by atoms with Gasteiger partial charge in [0.15, 0.2) is 0 Å². The minimum atomic E-state index is -0.0514. The van der Waals surface area contributed by atoms with Crippen LogP contribution in [-0.2, 0) is 13.1 Å². The molecule has 0 atom stereocenters. The van der Waals surface area contributed by atoms with Crippen molar-refractivity contribution in [1.29, 1.82) is 0 Å². The van der Waals surface area contributed by atoms with Crippen LogP contribution >= 0.6 is 27.3 Å². The third-order valence-corrected chi connectivity index (χ3v) is 6.60. The van der Waals surface area contributed by atoms with E-state index in [9.17, 15) is 4.79 Å². The Hall–Kier alpha value is -2.37. The Kier molecular flexibility index (Phi) is 5.38. The van der Waals surface area contributed by atoms with E-state index in [2.05, 4.69) is 81.4 Å². The van der Waals surface area contributed by atoms with Crippen molar-refractivity contribution in [3.8, 4) is 0 Å². The molecule has 0 saturated carbocycles. The first-order valence-corrected chi connectivity index (χ1v) is 10.8. The third kappa shape index (κ3) is 3.91. The van der Waals surface area contributed by atoms with Gasteiger partial charge in [-0.3, -0.25) is 4.79 Å². The Labute approximate surface area is 177 Å². The van der Waals surface area contributed by atoms with Crippen LogP contribution in [0.15, 0.2) is 64.5 Å². The first-order valence-electron chi connectivity index (χ1n) is 9.17. The number of hydrogen-bond acceptors (Lipinski definition) is 2. The molecule has 2 aromatic carbocycles. The standard InChI is InChI=1S/C23H21BrN2OS/c1-15-5-3-7-17(9-15)12-25-23(27)20-11-21-22(19(24)14-28-21)26(20)13-18-8-4-6-16(2)10-18/h3-11,14H,12-13H2,1-2H3,(H,25,27). The number of thiophene rings is 1. The molecule has 0 spiro atoms. The summed E-state index contributed by atoms with van der Waals surface area (Å²) in [6.07, 6.45) is 0. The predicted octanol–water partition coefficient (Wildman–Crippen LogP) is 6.06. The van der Waals surface area contributed by atoms with E-state index in [1.807, 2.05) is 18.2 Å². The molecule has 0 unspecified atom stereocenters. The molecule has 0 bridgehead atoms. The number of benzene rings is 2. The average molecular weight is 453 g/mol. The third-order valence-electron chi connectivity index (χ3n) is 4.77. The molecule has 0 aliphatic carbocycles. The van der Waals surface area contributed by atoms with Crippen LogP contribution in [0, 0.1) is 13.8 Å². The first-order chi connectivity index (χ1) is 13.5. The Bertz CT molecular complexity index is 1160. The highest BCUT2D eigenvalue weighted by Crippen LogP contribution is 2.34. The highest BCUT2D eigenvalue weighted by molar-refractivity contribution is 9.10. The van der Waals surface area contributed by atoms with Gasteiger partial charge in [0, 0.05) is 18.5 Å². The topological polar surface area (TPSA) is 34.0 Å². The molecule has 4 aromatic rings. The average Bonchev–Trinajstić information content (AvgIpc) is 3.20. The highest BCUT2D eigenvalue weighted by Gasteiger charge is 2.19. The molecule has 1 amide bonds. The second-order valence-corrected chi connectivity index (χ2v) is 8.84. The number of halogens is 1. The van der Waals surface area contributed by atoms with Gasteiger partial charge < -0.3 is 9.88 Å². The van der Waals surface area contributed by atoms with E-state index < -0.39 is 0 Å². The number of hydrogen-bond donors (Lipinski definition) is 1. The lowest BCUT2D eigenvalue weighted by Crippen LogP contribution is -2.25. The van der Waals surface area contributed by atoms with Crippen molar-refractivity contribution in [2.75, 3.05) is 0 Å². The number of rotatable bonds is 5. The number of amides is 1. The molecule has 142 valence electrons. The molecule has 2 aromatic heterocycles. The maximum Gasteiger partial charge on any atom is 0.268 e. The van der Waals surface area contributed by atoms with E-state index in [0.29, 0.717) is 18.8 Å². The van der Waals surface area contributed by atoms with Crippen LogP contribution in [-0.4, -0.2) is 10.5 Å². The summed E-state index contributed by atoms with van der Waals surface area (Å²) in [7, 11) is 0. The molecule has 0 fully saturated rings. The number of carbonyl (C=O) groups excluding carboxylic acids is 1. The second kappa shape index (κ2) is 7.94. The Morgan fingerprint density at radius 1 is 1.04 bits per heavy atom. The molecule has 28 heavy (non-hydrogen) atoms. The number of nitrogens with one attached hydrogen (secondary N) is 1. The van der Waals surface area contributed by atoms with Gasteiger partial charge in [-0.15, -0.1) is 11.3 Å². The molecule has 3 nitrogen and oxygen atoms in total. The first kappa shape index (κ1) is 19.0. The Morgan fingerprint density at radius 3 is 2.43 bits per heavy atom. The highest BCUT2D eigenvalue weighted by atomic mass is 79.9. The summed E-state index contributed by atoms with van der Waals surface area (Å²) in [6, 6.07) is 18.6. The van der Waals surface area contributed by atoms with Crippen molar-refractivity contribution >= 4 is 43.4 Å². The molecular formula is C23H21BrN2OS. The lowest BCUT2D eigenvalue weighted by Gasteiger charge is -2.12.